The molecule has 0 aromatic heterocycles. The maximum absolute atomic E-state index is 6.09. The van der Waals surface area contributed by atoms with Crippen molar-refractivity contribution in [2.45, 2.75) is 6.04 Å². The summed E-state index contributed by atoms with van der Waals surface area (Å²) in [5.41, 5.74) is 4.76. The van der Waals surface area contributed by atoms with Crippen LogP contribution in [-0.4, -0.2) is 13.2 Å². The van der Waals surface area contributed by atoms with Crippen molar-refractivity contribution in [3.63, 3.8) is 0 Å². The third-order valence-electron chi connectivity index (χ3n) is 3.34. The Morgan fingerprint density at radius 3 is 2.62 bits per heavy atom. The Morgan fingerprint density at radius 2 is 1.86 bits per heavy atom. The van der Waals surface area contributed by atoms with Crippen molar-refractivity contribution >= 4 is 27.5 Å². The Bertz CT molecular complexity index is 666. The molecule has 0 spiro atoms. The Labute approximate surface area is 136 Å². The smallest absolute Gasteiger partial charge is 0.161 e. The van der Waals surface area contributed by atoms with Crippen LogP contribution in [0.2, 0.25) is 5.02 Å². The van der Waals surface area contributed by atoms with Gasteiger partial charge in [-0.15, -0.1) is 0 Å². The fourth-order valence-electron chi connectivity index (χ4n) is 2.34. The fourth-order valence-corrected chi connectivity index (χ4v) is 3.00. The van der Waals surface area contributed by atoms with E-state index in [0.29, 0.717) is 18.2 Å². The molecule has 110 valence electrons. The van der Waals surface area contributed by atoms with E-state index in [-0.39, 0.29) is 6.04 Å². The lowest BCUT2D eigenvalue weighted by Gasteiger charge is -2.23. The summed E-state index contributed by atoms with van der Waals surface area (Å²) in [6.07, 6.45) is 0. The lowest BCUT2D eigenvalue weighted by Crippen LogP contribution is -2.29. The lowest BCUT2D eigenvalue weighted by atomic mass is 9.99. The van der Waals surface area contributed by atoms with Crippen molar-refractivity contribution in [1.82, 2.24) is 5.43 Å². The molecule has 3 N–H and O–H groups in total. The number of halogens is 2. The highest BCUT2D eigenvalue weighted by Gasteiger charge is 2.19. The van der Waals surface area contributed by atoms with Gasteiger partial charge in [0.15, 0.2) is 11.5 Å². The summed E-state index contributed by atoms with van der Waals surface area (Å²) in [4.78, 5) is 0. The van der Waals surface area contributed by atoms with Gasteiger partial charge < -0.3 is 9.47 Å². The Hall–Kier alpha value is -1.27. The van der Waals surface area contributed by atoms with Gasteiger partial charge in [0.05, 0.1) is 6.04 Å². The number of nitrogens with one attached hydrogen (secondary N) is 1. The normalized spacial score (nSPS) is 14.8. The molecule has 21 heavy (non-hydrogen) atoms. The monoisotopic (exact) mass is 368 g/mol. The van der Waals surface area contributed by atoms with Crippen LogP contribution in [0.3, 0.4) is 0 Å². The molecule has 3 rings (SSSR count). The molecule has 6 heteroatoms. The van der Waals surface area contributed by atoms with E-state index in [9.17, 15) is 0 Å². The maximum Gasteiger partial charge on any atom is 0.161 e. The van der Waals surface area contributed by atoms with E-state index in [0.717, 1.165) is 27.1 Å². The number of hydrazine groups is 1. The van der Waals surface area contributed by atoms with Crippen LogP contribution in [0.4, 0.5) is 0 Å². The molecule has 4 nitrogen and oxygen atoms in total. The Kier molecular flexibility index (Phi) is 4.35. The molecule has 0 saturated carbocycles. The van der Waals surface area contributed by atoms with Gasteiger partial charge in [0.25, 0.3) is 0 Å². The van der Waals surface area contributed by atoms with Crippen molar-refractivity contribution in [1.29, 1.82) is 0 Å². The molecule has 0 radical (unpaired) electrons. The first-order valence-electron chi connectivity index (χ1n) is 6.49. The predicted molar refractivity (Wildman–Crippen MR) is 85.8 cm³/mol. The standard InChI is InChI=1S/C15H14BrClN2O2/c16-12-3-2-10(17)8-11(12)15(19-18)9-1-4-13-14(7-9)21-6-5-20-13/h1-4,7-8,15,19H,5-6,18H2. The van der Waals surface area contributed by atoms with E-state index in [1.807, 2.05) is 36.4 Å². The van der Waals surface area contributed by atoms with E-state index in [2.05, 4.69) is 21.4 Å². The van der Waals surface area contributed by atoms with Gasteiger partial charge >= 0.3 is 0 Å². The maximum atomic E-state index is 6.09. The zero-order valence-corrected chi connectivity index (χ0v) is 13.4. The second-order valence-electron chi connectivity index (χ2n) is 4.67. The van der Waals surface area contributed by atoms with Crippen molar-refractivity contribution < 1.29 is 9.47 Å². The van der Waals surface area contributed by atoms with Crippen molar-refractivity contribution in [2.24, 2.45) is 5.84 Å². The molecule has 1 heterocycles. The van der Waals surface area contributed by atoms with Crippen LogP contribution >= 0.6 is 27.5 Å². The minimum absolute atomic E-state index is 0.200. The second-order valence-corrected chi connectivity index (χ2v) is 5.96. The van der Waals surface area contributed by atoms with Crippen molar-refractivity contribution in [3.05, 3.63) is 57.0 Å². The van der Waals surface area contributed by atoms with E-state index in [1.165, 1.54) is 0 Å². The first kappa shape index (κ1) is 14.7. The quantitative estimate of drug-likeness (QED) is 0.643. The number of rotatable bonds is 3. The van der Waals surface area contributed by atoms with Gasteiger partial charge in [0.2, 0.25) is 0 Å². The number of benzene rings is 2. The lowest BCUT2D eigenvalue weighted by molar-refractivity contribution is 0.171. The van der Waals surface area contributed by atoms with Gasteiger partial charge in [-0.25, -0.2) is 5.43 Å². The van der Waals surface area contributed by atoms with Crippen LogP contribution < -0.4 is 20.7 Å². The highest BCUT2D eigenvalue weighted by molar-refractivity contribution is 9.10. The molecular formula is C15H14BrClN2O2. The molecular weight excluding hydrogens is 356 g/mol. The molecule has 0 bridgehead atoms. The van der Waals surface area contributed by atoms with Crippen LogP contribution in [0.1, 0.15) is 17.2 Å². The minimum atomic E-state index is -0.200. The summed E-state index contributed by atoms with van der Waals surface area (Å²) < 4.78 is 12.1. The van der Waals surface area contributed by atoms with Crippen molar-refractivity contribution in [3.8, 4) is 11.5 Å². The second kappa shape index (κ2) is 6.23. The van der Waals surface area contributed by atoms with Crippen LogP contribution in [0.25, 0.3) is 0 Å². The topological polar surface area (TPSA) is 56.5 Å². The summed E-state index contributed by atoms with van der Waals surface area (Å²) in [5, 5.41) is 0.658. The van der Waals surface area contributed by atoms with E-state index in [4.69, 9.17) is 26.9 Å². The predicted octanol–water partition coefficient (Wildman–Crippen LogP) is 3.43. The molecule has 1 aliphatic heterocycles. The van der Waals surface area contributed by atoms with Gasteiger partial charge in [-0.3, -0.25) is 5.84 Å². The number of hydrogen-bond acceptors (Lipinski definition) is 4. The number of nitrogens with two attached hydrogens (primary N) is 1. The zero-order chi connectivity index (χ0) is 14.8. The van der Waals surface area contributed by atoms with Crippen molar-refractivity contribution in [2.75, 3.05) is 13.2 Å². The largest absolute Gasteiger partial charge is 0.486 e. The van der Waals surface area contributed by atoms with Gasteiger partial charge in [0, 0.05) is 9.50 Å². The minimum Gasteiger partial charge on any atom is -0.486 e. The fraction of sp³-hybridized carbons (Fsp3) is 0.200. The van der Waals surface area contributed by atoms with Gasteiger partial charge in [-0.2, -0.15) is 0 Å². The first-order valence-corrected chi connectivity index (χ1v) is 7.67. The Balaban J connectivity index is 2.01. The number of hydrogen-bond donors (Lipinski definition) is 2. The van der Waals surface area contributed by atoms with Gasteiger partial charge in [0.1, 0.15) is 13.2 Å². The average Bonchev–Trinajstić information content (AvgIpc) is 2.51. The van der Waals surface area contributed by atoms with E-state index >= 15 is 0 Å². The molecule has 1 unspecified atom stereocenters. The summed E-state index contributed by atoms with van der Waals surface area (Å²) >= 11 is 9.62. The summed E-state index contributed by atoms with van der Waals surface area (Å²) in [6, 6.07) is 11.2. The van der Waals surface area contributed by atoms with E-state index < -0.39 is 0 Å². The van der Waals surface area contributed by atoms with Gasteiger partial charge in [-0.05, 0) is 41.5 Å². The van der Waals surface area contributed by atoms with Crippen LogP contribution in [0.5, 0.6) is 11.5 Å². The summed E-state index contributed by atoms with van der Waals surface area (Å²) in [7, 11) is 0. The van der Waals surface area contributed by atoms with Crippen LogP contribution in [-0.2, 0) is 0 Å². The summed E-state index contributed by atoms with van der Waals surface area (Å²) in [6.45, 7) is 1.13. The molecule has 0 fully saturated rings. The number of ether oxygens (including phenoxy) is 2. The molecule has 2 aromatic carbocycles. The molecule has 0 amide bonds. The molecule has 1 atom stereocenters. The van der Waals surface area contributed by atoms with Crippen LogP contribution in [0, 0.1) is 0 Å². The SMILES string of the molecule is NNC(c1ccc2c(c1)OCCO2)c1cc(Cl)ccc1Br. The molecule has 1 aliphatic rings. The highest BCUT2D eigenvalue weighted by Crippen LogP contribution is 2.36. The molecule has 0 aliphatic carbocycles. The third-order valence-corrected chi connectivity index (χ3v) is 4.29. The van der Waals surface area contributed by atoms with E-state index in [1.54, 1.807) is 0 Å². The first-order chi connectivity index (χ1) is 10.2. The van der Waals surface area contributed by atoms with Gasteiger partial charge in [-0.1, -0.05) is 33.6 Å². The molecule has 2 aromatic rings. The van der Waals surface area contributed by atoms with Crippen LogP contribution in [0.15, 0.2) is 40.9 Å². The zero-order valence-electron chi connectivity index (χ0n) is 11.1. The average molecular weight is 370 g/mol. The Morgan fingerprint density at radius 1 is 1.10 bits per heavy atom. The number of fused-ring (bicyclic) bond motifs is 1. The third kappa shape index (κ3) is 3.01. The highest BCUT2D eigenvalue weighted by atomic mass is 79.9. The molecule has 0 saturated heterocycles. The summed E-state index contributed by atoms with van der Waals surface area (Å²) in [5.74, 6) is 7.23.